The molecule has 0 amide bonds. The molecule has 46 heavy (non-hydrogen) atoms. The van der Waals surface area contributed by atoms with E-state index in [4.69, 9.17) is 9.97 Å². The van der Waals surface area contributed by atoms with Gasteiger partial charge >= 0.3 is 0 Å². The Morgan fingerprint density at radius 1 is 0.478 bits per heavy atom. The largest absolute Gasteiger partial charge is 0.308 e. The lowest BCUT2D eigenvalue weighted by Gasteiger charge is -2.12. The van der Waals surface area contributed by atoms with Crippen molar-refractivity contribution in [3.05, 3.63) is 140 Å². The second-order valence-electron chi connectivity index (χ2n) is 12.1. The van der Waals surface area contributed by atoms with E-state index in [0.717, 1.165) is 33.2 Å². The summed E-state index contributed by atoms with van der Waals surface area (Å²) in [7, 11) is 0. The summed E-state index contributed by atoms with van der Waals surface area (Å²) in [6.07, 6.45) is 3.68. The summed E-state index contributed by atoms with van der Waals surface area (Å²) in [5.74, 6) is 0.649. The van der Waals surface area contributed by atoms with Gasteiger partial charge in [0.05, 0.1) is 38.8 Å². The SMILES string of the molecule is c1cncc(-c2nc(-n3c4ccccc4c4cc5c6ccccc6n6c7ccc8ccccc8c7c(c43)c56)nc3ccccc23)c1. The minimum Gasteiger partial charge on any atom is -0.308 e. The van der Waals surface area contributed by atoms with Crippen molar-refractivity contribution in [2.45, 2.75) is 0 Å². The van der Waals surface area contributed by atoms with Crippen LogP contribution in [-0.2, 0) is 0 Å². The molecule has 0 aliphatic rings. The Morgan fingerprint density at radius 2 is 1.20 bits per heavy atom. The van der Waals surface area contributed by atoms with E-state index in [-0.39, 0.29) is 0 Å². The molecule has 0 N–H and O–H groups in total. The summed E-state index contributed by atoms with van der Waals surface area (Å²) < 4.78 is 4.76. The maximum Gasteiger partial charge on any atom is 0.235 e. The predicted octanol–water partition coefficient (Wildman–Crippen LogP) is 10.1. The lowest BCUT2D eigenvalue weighted by molar-refractivity contribution is 1.02. The highest BCUT2D eigenvalue weighted by molar-refractivity contribution is 6.37. The molecule has 0 unspecified atom stereocenters. The van der Waals surface area contributed by atoms with Crippen LogP contribution in [0.3, 0.4) is 0 Å². The number of fused-ring (bicyclic) bond motifs is 13. The van der Waals surface area contributed by atoms with Crippen molar-refractivity contribution in [1.82, 2.24) is 23.9 Å². The van der Waals surface area contributed by atoms with Crippen LogP contribution < -0.4 is 0 Å². The van der Waals surface area contributed by atoms with Crippen LogP contribution in [0.25, 0.3) is 98.8 Å². The van der Waals surface area contributed by atoms with Gasteiger partial charge in [-0.05, 0) is 53.2 Å². The molecule has 0 spiro atoms. The third kappa shape index (κ3) is 2.97. The van der Waals surface area contributed by atoms with Gasteiger partial charge in [-0.25, -0.2) is 9.97 Å². The normalized spacial score (nSPS) is 12.3. The van der Waals surface area contributed by atoms with Crippen LogP contribution in [0.4, 0.5) is 0 Å². The van der Waals surface area contributed by atoms with Crippen LogP contribution >= 0.6 is 0 Å². The summed E-state index contributed by atoms with van der Waals surface area (Å²) in [6, 6.07) is 45.4. The molecule has 0 saturated heterocycles. The van der Waals surface area contributed by atoms with E-state index in [2.05, 4.69) is 123 Å². The first kappa shape index (κ1) is 24.0. The van der Waals surface area contributed by atoms with Crippen LogP contribution in [0.5, 0.6) is 0 Å². The van der Waals surface area contributed by atoms with Crippen molar-refractivity contribution >= 4 is 81.6 Å². The molecule has 11 aromatic rings. The van der Waals surface area contributed by atoms with Crippen LogP contribution in [0.15, 0.2) is 140 Å². The van der Waals surface area contributed by atoms with E-state index in [1.807, 2.05) is 24.4 Å². The molecule has 212 valence electrons. The lowest BCUT2D eigenvalue weighted by atomic mass is 10.00. The molecule has 5 aromatic heterocycles. The first-order valence-electron chi connectivity index (χ1n) is 15.5. The van der Waals surface area contributed by atoms with E-state index in [0.29, 0.717) is 5.95 Å². The number of hydrogen-bond donors (Lipinski definition) is 0. The molecule has 5 heteroatoms. The smallest absolute Gasteiger partial charge is 0.235 e. The number of benzene rings is 6. The number of rotatable bonds is 2. The average molecular weight is 586 g/mol. The van der Waals surface area contributed by atoms with Crippen molar-refractivity contribution < 1.29 is 0 Å². The molecule has 6 aromatic carbocycles. The number of hydrogen-bond acceptors (Lipinski definition) is 3. The second kappa shape index (κ2) is 8.65. The van der Waals surface area contributed by atoms with E-state index in [9.17, 15) is 0 Å². The average Bonchev–Trinajstić information content (AvgIpc) is 3.76. The van der Waals surface area contributed by atoms with Crippen molar-refractivity contribution in [2.75, 3.05) is 0 Å². The Bertz CT molecular complexity index is 3020. The van der Waals surface area contributed by atoms with Gasteiger partial charge < -0.3 is 4.40 Å². The zero-order valence-electron chi connectivity index (χ0n) is 24.5. The molecule has 0 atom stereocenters. The van der Waals surface area contributed by atoms with E-state index < -0.39 is 0 Å². The second-order valence-corrected chi connectivity index (χ2v) is 12.1. The highest BCUT2D eigenvalue weighted by Gasteiger charge is 2.26. The van der Waals surface area contributed by atoms with Crippen molar-refractivity contribution in [2.24, 2.45) is 0 Å². The van der Waals surface area contributed by atoms with E-state index in [1.54, 1.807) is 6.20 Å². The van der Waals surface area contributed by atoms with Crippen LogP contribution in [0.1, 0.15) is 0 Å². The fourth-order valence-electron chi connectivity index (χ4n) is 7.86. The lowest BCUT2D eigenvalue weighted by Crippen LogP contribution is -2.03. The van der Waals surface area contributed by atoms with Crippen molar-refractivity contribution in [3.63, 3.8) is 0 Å². The highest BCUT2D eigenvalue weighted by atomic mass is 15.2. The maximum absolute atomic E-state index is 5.35. The molecule has 0 fully saturated rings. The third-order valence-corrected chi connectivity index (χ3v) is 9.71. The number of aromatic nitrogens is 5. The Kier molecular flexibility index (Phi) is 4.52. The third-order valence-electron chi connectivity index (χ3n) is 9.71. The molecule has 0 saturated carbocycles. The molecule has 0 aliphatic heterocycles. The van der Waals surface area contributed by atoms with Gasteiger partial charge in [0.2, 0.25) is 5.95 Å². The fraction of sp³-hybridized carbons (Fsp3) is 0. The topological polar surface area (TPSA) is 48.0 Å². The molecule has 0 aliphatic carbocycles. The van der Waals surface area contributed by atoms with Gasteiger partial charge in [0.1, 0.15) is 0 Å². The number of pyridine rings is 1. The zero-order valence-corrected chi connectivity index (χ0v) is 24.5. The molecular weight excluding hydrogens is 562 g/mol. The van der Waals surface area contributed by atoms with Crippen LogP contribution in [0.2, 0.25) is 0 Å². The Hall–Kier alpha value is -6.33. The molecule has 5 nitrogen and oxygen atoms in total. The van der Waals surface area contributed by atoms with Gasteiger partial charge in [0.25, 0.3) is 0 Å². The van der Waals surface area contributed by atoms with Gasteiger partial charge in [0, 0.05) is 55.7 Å². The maximum atomic E-state index is 5.35. The number of para-hydroxylation sites is 3. The first-order chi connectivity index (χ1) is 22.8. The van der Waals surface area contributed by atoms with Crippen LogP contribution in [0, 0.1) is 0 Å². The summed E-state index contributed by atoms with van der Waals surface area (Å²) >= 11 is 0. The number of nitrogens with zero attached hydrogens (tertiary/aromatic N) is 5. The van der Waals surface area contributed by atoms with Gasteiger partial charge in [0.15, 0.2) is 0 Å². The first-order valence-corrected chi connectivity index (χ1v) is 15.5. The van der Waals surface area contributed by atoms with E-state index >= 15 is 0 Å². The molecule has 5 heterocycles. The monoisotopic (exact) mass is 585 g/mol. The fourth-order valence-corrected chi connectivity index (χ4v) is 7.86. The predicted molar refractivity (Wildman–Crippen MR) is 189 cm³/mol. The van der Waals surface area contributed by atoms with Gasteiger partial charge in [-0.15, -0.1) is 0 Å². The minimum absolute atomic E-state index is 0.649. The molecule has 0 radical (unpaired) electrons. The van der Waals surface area contributed by atoms with Crippen LogP contribution in [-0.4, -0.2) is 23.9 Å². The Morgan fingerprint density at radius 3 is 2.04 bits per heavy atom. The van der Waals surface area contributed by atoms with Crippen molar-refractivity contribution in [1.29, 1.82) is 0 Å². The molecule has 0 bridgehead atoms. The summed E-state index contributed by atoms with van der Waals surface area (Å²) in [5, 5.41) is 10.9. The molecular formula is C41H23N5. The quantitative estimate of drug-likeness (QED) is 0.203. The zero-order chi connectivity index (χ0) is 29.9. The standard InChI is InChI=1S/C41H23N5/c1-2-12-26-24(10-1)19-20-35-36(26)37-39-30(27-13-4-7-17-33(27)45(35)39)22-31-28-14-5-8-18-34(28)46(40(31)37)41-43-32-16-6-3-15-29(32)38(44-41)25-11-9-21-42-23-25/h1-23H. The summed E-state index contributed by atoms with van der Waals surface area (Å²) in [5.41, 5.74) is 8.60. The minimum atomic E-state index is 0.649. The molecule has 11 rings (SSSR count). The van der Waals surface area contributed by atoms with Gasteiger partial charge in [-0.3, -0.25) is 9.55 Å². The summed E-state index contributed by atoms with van der Waals surface area (Å²) in [4.78, 5) is 15.0. The van der Waals surface area contributed by atoms with Crippen molar-refractivity contribution in [3.8, 4) is 17.2 Å². The Labute approximate surface area is 261 Å². The van der Waals surface area contributed by atoms with E-state index in [1.165, 1.54) is 59.6 Å². The summed E-state index contributed by atoms with van der Waals surface area (Å²) in [6.45, 7) is 0. The van der Waals surface area contributed by atoms with Gasteiger partial charge in [-0.2, -0.15) is 0 Å². The van der Waals surface area contributed by atoms with Gasteiger partial charge in [-0.1, -0.05) is 84.9 Å². The Balaban J connectivity index is 1.43. The highest BCUT2D eigenvalue weighted by Crippen LogP contribution is 2.47.